The van der Waals surface area contributed by atoms with Gasteiger partial charge in [0.25, 0.3) is 0 Å². The molecule has 1 aliphatic heterocycles. The highest BCUT2D eigenvalue weighted by molar-refractivity contribution is 9.09. The van der Waals surface area contributed by atoms with Crippen molar-refractivity contribution in [3.05, 3.63) is 29.8 Å². The molecule has 4 nitrogen and oxygen atoms in total. The quantitative estimate of drug-likeness (QED) is 0.870. The van der Waals surface area contributed by atoms with Crippen LogP contribution in [0.5, 0.6) is 0 Å². The number of carbonyl (C=O) groups excluding carboxylic acids is 1. The first kappa shape index (κ1) is 12.1. The summed E-state index contributed by atoms with van der Waals surface area (Å²) in [6.45, 7) is 0.691. The van der Waals surface area contributed by atoms with Crippen molar-refractivity contribution in [1.82, 2.24) is 0 Å². The van der Waals surface area contributed by atoms with Crippen LogP contribution in [-0.2, 0) is 4.79 Å². The summed E-state index contributed by atoms with van der Waals surface area (Å²) in [6, 6.07) is 6.40. The smallest absolute Gasteiger partial charge is 0.335 e. The number of aromatic carboxylic acids is 1. The van der Waals surface area contributed by atoms with Crippen molar-refractivity contribution >= 4 is 33.5 Å². The van der Waals surface area contributed by atoms with E-state index in [0.29, 0.717) is 18.9 Å². The van der Waals surface area contributed by atoms with Crippen LogP contribution < -0.4 is 4.90 Å². The highest BCUT2D eigenvalue weighted by Crippen LogP contribution is 2.26. The molecule has 1 aromatic rings. The van der Waals surface area contributed by atoms with Crippen molar-refractivity contribution < 1.29 is 14.7 Å². The van der Waals surface area contributed by atoms with Gasteiger partial charge in [-0.05, 0) is 30.2 Å². The summed E-state index contributed by atoms with van der Waals surface area (Å²) < 4.78 is 0. The molecule has 5 heteroatoms. The van der Waals surface area contributed by atoms with E-state index in [1.54, 1.807) is 17.0 Å². The molecule has 0 aromatic heterocycles. The second-order valence-electron chi connectivity index (χ2n) is 4.08. The average Bonchev–Trinajstić information content (AvgIpc) is 2.71. The SMILES string of the molecule is O=C(O)c1ccc(N2CC(CBr)CC2=O)cc1. The molecule has 1 N–H and O–H groups in total. The van der Waals surface area contributed by atoms with Crippen molar-refractivity contribution in [2.24, 2.45) is 5.92 Å². The Morgan fingerprint density at radius 2 is 2.06 bits per heavy atom. The fraction of sp³-hybridized carbons (Fsp3) is 0.333. The van der Waals surface area contributed by atoms with Crippen molar-refractivity contribution in [3.8, 4) is 0 Å². The lowest BCUT2D eigenvalue weighted by Gasteiger charge is -2.16. The molecule has 17 heavy (non-hydrogen) atoms. The zero-order valence-electron chi connectivity index (χ0n) is 9.10. The predicted molar refractivity (Wildman–Crippen MR) is 67.7 cm³/mol. The molecule has 2 rings (SSSR count). The van der Waals surface area contributed by atoms with Crippen LogP contribution in [0.1, 0.15) is 16.8 Å². The largest absolute Gasteiger partial charge is 0.478 e. The molecule has 0 spiro atoms. The van der Waals surface area contributed by atoms with Crippen molar-refractivity contribution in [1.29, 1.82) is 0 Å². The Bertz CT molecular complexity index is 444. The number of carboxylic acids is 1. The number of rotatable bonds is 3. The lowest BCUT2D eigenvalue weighted by atomic mass is 10.1. The fourth-order valence-corrected chi connectivity index (χ4v) is 2.35. The van der Waals surface area contributed by atoms with Crippen LogP contribution in [0.2, 0.25) is 0 Å². The van der Waals surface area contributed by atoms with Gasteiger partial charge < -0.3 is 10.0 Å². The van der Waals surface area contributed by atoms with E-state index >= 15 is 0 Å². The maximum absolute atomic E-state index is 11.8. The van der Waals surface area contributed by atoms with E-state index < -0.39 is 5.97 Å². The summed E-state index contributed by atoms with van der Waals surface area (Å²) in [5.41, 5.74) is 1.00. The molecule has 0 saturated carbocycles. The minimum atomic E-state index is -0.956. The molecule has 0 bridgehead atoms. The first-order valence-electron chi connectivity index (χ1n) is 5.31. The molecule has 1 aliphatic rings. The molecule has 90 valence electrons. The van der Waals surface area contributed by atoms with E-state index in [0.717, 1.165) is 11.0 Å². The third kappa shape index (κ3) is 2.49. The second kappa shape index (κ2) is 4.87. The topological polar surface area (TPSA) is 57.6 Å². The van der Waals surface area contributed by atoms with Crippen LogP contribution in [-0.4, -0.2) is 28.9 Å². The summed E-state index contributed by atoms with van der Waals surface area (Å²) in [5, 5.41) is 9.59. The molecule has 1 amide bonds. The molecular weight excluding hydrogens is 286 g/mol. The standard InChI is InChI=1S/C12H12BrNO3/c13-6-8-5-11(15)14(7-8)10-3-1-9(2-4-10)12(16)17/h1-4,8H,5-7H2,(H,16,17). The second-order valence-corrected chi connectivity index (χ2v) is 4.73. The number of carboxylic acid groups (broad SMARTS) is 1. The molecule has 1 atom stereocenters. The highest BCUT2D eigenvalue weighted by atomic mass is 79.9. The van der Waals surface area contributed by atoms with Crippen LogP contribution >= 0.6 is 15.9 Å². The third-order valence-corrected chi connectivity index (χ3v) is 3.76. The first-order chi connectivity index (χ1) is 8.11. The minimum absolute atomic E-state index is 0.0949. The van der Waals surface area contributed by atoms with Gasteiger partial charge in [-0.3, -0.25) is 4.79 Å². The van der Waals surface area contributed by atoms with Gasteiger partial charge in [0.15, 0.2) is 0 Å². The van der Waals surface area contributed by atoms with Gasteiger partial charge in [0.2, 0.25) is 5.91 Å². The van der Waals surface area contributed by atoms with E-state index in [1.165, 1.54) is 12.1 Å². The molecule has 1 saturated heterocycles. The first-order valence-corrected chi connectivity index (χ1v) is 6.43. The van der Waals surface area contributed by atoms with E-state index in [9.17, 15) is 9.59 Å². The van der Waals surface area contributed by atoms with E-state index in [2.05, 4.69) is 15.9 Å². The Morgan fingerprint density at radius 3 is 2.53 bits per heavy atom. The summed E-state index contributed by atoms with van der Waals surface area (Å²) >= 11 is 3.38. The molecular formula is C12H12BrNO3. The van der Waals surface area contributed by atoms with Crippen molar-refractivity contribution in [2.75, 3.05) is 16.8 Å². The Hall–Kier alpha value is -1.36. The predicted octanol–water partition coefficient (Wildman–Crippen LogP) is 2.13. The van der Waals surface area contributed by atoms with Crippen molar-refractivity contribution in [3.63, 3.8) is 0 Å². The minimum Gasteiger partial charge on any atom is -0.478 e. The van der Waals surface area contributed by atoms with Gasteiger partial charge in [-0.15, -0.1) is 0 Å². The fourth-order valence-electron chi connectivity index (χ4n) is 1.92. The monoisotopic (exact) mass is 297 g/mol. The maximum Gasteiger partial charge on any atom is 0.335 e. The highest BCUT2D eigenvalue weighted by Gasteiger charge is 2.29. The lowest BCUT2D eigenvalue weighted by Crippen LogP contribution is -2.24. The van der Waals surface area contributed by atoms with Gasteiger partial charge in [-0.2, -0.15) is 0 Å². The van der Waals surface area contributed by atoms with Crippen LogP contribution in [0.15, 0.2) is 24.3 Å². The Morgan fingerprint density at radius 1 is 1.41 bits per heavy atom. The summed E-state index contributed by atoms with van der Waals surface area (Å²) in [4.78, 5) is 24.2. The summed E-state index contributed by atoms with van der Waals surface area (Å²) in [7, 11) is 0. The summed E-state index contributed by atoms with van der Waals surface area (Å²) in [6.07, 6.45) is 0.548. The number of benzene rings is 1. The third-order valence-electron chi connectivity index (χ3n) is 2.85. The lowest BCUT2D eigenvalue weighted by molar-refractivity contribution is -0.117. The van der Waals surface area contributed by atoms with E-state index in [-0.39, 0.29) is 11.5 Å². The number of carbonyl (C=O) groups is 2. The Kier molecular flexibility index (Phi) is 3.47. The molecule has 0 aliphatic carbocycles. The molecule has 1 fully saturated rings. The molecule has 1 unspecified atom stereocenters. The van der Waals surface area contributed by atoms with Crippen LogP contribution in [0.4, 0.5) is 5.69 Å². The number of alkyl halides is 1. The normalized spacial score (nSPS) is 19.7. The zero-order valence-corrected chi connectivity index (χ0v) is 10.7. The zero-order chi connectivity index (χ0) is 12.4. The van der Waals surface area contributed by atoms with Gasteiger partial charge in [-0.25, -0.2) is 4.79 Å². The van der Waals surface area contributed by atoms with Gasteiger partial charge >= 0.3 is 5.97 Å². The van der Waals surface area contributed by atoms with Crippen LogP contribution in [0, 0.1) is 5.92 Å². The number of nitrogens with zero attached hydrogens (tertiary/aromatic N) is 1. The van der Waals surface area contributed by atoms with E-state index in [1.807, 2.05) is 0 Å². The van der Waals surface area contributed by atoms with Gasteiger partial charge in [0.05, 0.1) is 5.56 Å². The van der Waals surface area contributed by atoms with Crippen LogP contribution in [0.3, 0.4) is 0 Å². The van der Waals surface area contributed by atoms with E-state index in [4.69, 9.17) is 5.11 Å². The molecule has 1 aromatic carbocycles. The number of anilines is 1. The molecule has 1 heterocycles. The van der Waals surface area contributed by atoms with Gasteiger partial charge in [-0.1, -0.05) is 15.9 Å². The molecule has 0 radical (unpaired) electrons. The number of hydrogen-bond acceptors (Lipinski definition) is 2. The van der Waals surface area contributed by atoms with Gasteiger partial charge in [0.1, 0.15) is 0 Å². The average molecular weight is 298 g/mol. The number of halogens is 1. The Labute approximate surface area is 107 Å². The van der Waals surface area contributed by atoms with Crippen LogP contribution in [0.25, 0.3) is 0 Å². The number of hydrogen-bond donors (Lipinski definition) is 1. The van der Waals surface area contributed by atoms with Gasteiger partial charge in [0, 0.05) is 24.0 Å². The summed E-state index contributed by atoms with van der Waals surface area (Å²) in [5.74, 6) is -0.526. The maximum atomic E-state index is 11.8. The Balaban J connectivity index is 2.18. The van der Waals surface area contributed by atoms with Crippen molar-refractivity contribution in [2.45, 2.75) is 6.42 Å². The number of amides is 1.